The van der Waals surface area contributed by atoms with Crippen LogP contribution in [0.3, 0.4) is 0 Å². The standard InChI is InChI=1S/C20H16O6/c1-20(2,3)9-4-5-10-13(8-9)17(22)14-11(16(10)21)6-7-12(18(23)24)15(14)19(25)26/h4-8H,1-3H3,(H,23,24)(H,25,26). The zero-order valence-corrected chi connectivity index (χ0v) is 14.4. The molecule has 0 saturated carbocycles. The summed E-state index contributed by atoms with van der Waals surface area (Å²) in [6.07, 6.45) is 0. The number of fused-ring (bicyclic) bond motifs is 2. The van der Waals surface area contributed by atoms with Gasteiger partial charge in [-0.15, -0.1) is 0 Å². The number of aromatic carboxylic acids is 2. The zero-order valence-electron chi connectivity index (χ0n) is 14.4. The first-order valence-electron chi connectivity index (χ1n) is 7.91. The summed E-state index contributed by atoms with van der Waals surface area (Å²) in [5, 5.41) is 18.7. The summed E-state index contributed by atoms with van der Waals surface area (Å²) in [7, 11) is 0. The molecule has 1 aliphatic rings. The highest BCUT2D eigenvalue weighted by Gasteiger charge is 2.36. The van der Waals surface area contributed by atoms with Gasteiger partial charge >= 0.3 is 11.9 Å². The van der Waals surface area contributed by atoms with Gasteiger partial charge in [0.1, 0.15) is 0 Å². The summed E-state index contributed by atoms with van der Waals surface area (Å²) in [6, 6.07) is 7.15. The topological polar surface area (TPSA) is 109 Å². The van der Waals surface area contributed by atoms with Crippen LogP contribution < -0.4 is 0 Å². The predicted molar refractivity (Wildman–Crippen MR) is 92.4 cm³/mol. The van der Waals surface area contributed by atoms with Crippen LogP contribution in [-0.4, -0.2) is 33.7 Å². The van der Waals surface area contributed by atoms with E-state index in [1.807, 2.05) is 20.8 Å². The molecular formula is C20H16O6. The first-order valence-corrected chi connectivity index (χ1v) is 7.91. The van der Waals surface area contributed by atoms with Crippen molar-refractivity contribution in [3.05, 3.63) is 69.3 Å². The van der Waals surface area contributed by atoms with Crippen LogP contribution in [-0.2, 0) is 5.41 Å². The van der Waals surface area contributed by atoms with Gasteiger partial charge in [-0.2, -0.15) is 0 Å². The summed E-state index contributed by atoms with van der Waals surface area (Å²) >= 11 is 0. The molecule has 132 valence electrons. The summed E-state index contributed by atoms with van der Waals surface area (Å²) in [5.41, 5.74) is -0.804. The quantitative estimate of drug-likeness (QED) is 0.733. The number of ketones is 2. The fraction of sp³-hybridized carbons (Fsp3) is 0.200. The maximum atomic E-state index is 13.0. The summed E-state index contributed by atoms with van der Waals surface area (Å²) in [6.45, 7) is 5.84. The van der Waals surface area contributed by atoms with Crippen molar-refractivity contribution in [2.75, 3.05) is 0 Å². The third-order valence-corrected chi connectivity index (χ3v) is 4.50. The number of rotatable bonds is 2. The maximum Gasteiger partial charge on any atom is 0.337 e. The van der Waals surface area contributed by atoms with E-state index in [-0.39, 0.29) is 27.7 Å². The molecule has 0 aromatic heterocycles. The van der Waals surface area contributed by atoms with Crippen LogP contribution in [0.4, 0.5) is 0 Å². The first-order chi connectivity index (χ1) is 12.0. The van der Waals surface area contributed by atoms with Crippen molar-refractivity contribution in [1.82, 2.24) is 0 Å². The van der Waals surface area contributed by atoms with Gasteiger partial charge in [-0.25, -0.2) is 9.59 Å². The second-order valence-corrected chi connectivity index (χ2v) is 7.19. The molecule has 2 N–H and O–H groups in total. The third kappa shape index (κ3) is 2.50. The fourth-order valence-electron chi connectivity index (χ4n) is 3.10. The van der Waals surface area contributed by atoms with Gasteiger partial charge in [0.05, 0.1) is 11.1 Å². The molecule has 2 aromatic rings. The van der Waals surface area contributed by atoms with Crippen molar-refractivity contribution >= 4 is 23.5 Å². The van der Waals surface area contributed by atoms with E-state index in [1.165, 1.54) is 6.07 Å². The van der Waals surface area contributed by atoms with Gasteiger partial charge in [0, 0.05) is 22.3 Å². The van der Waals surface area contributed by atoms with Gasteiger partial charge in [0.2, 0.25) is 0 Å². The Kier molecular flexibility index (Phi) is 3.79. The Morgan fingerprint density at radius 1 is 0.808 bits per heavy atom. The molecule has 0 fully saturated rings. The lowest BCUT2D eigenvalue weighted by Gasteiger charge is -2.24. The van der Waals surface area contributed by atoms with E-state index in [0.717, 1.165) is 11.6 Å². The molecule has 0 saturated heterocycles. The van der Waals surface area contributed by atoms with Gasteiger partial charge < -0.3 is 10.2 Å². The Morgan fingerprint density at radius 2 is 1.42 bits per heavy atom. The molecule has 0 bridgehead atoms. The fourth-order valence-corrected chi connectivity index (χ4v) is 3.10. The number of hydrogen-bond donors (Lipinski definition) is 2. The van der Waals surface area contributed by atoms with Gasteiger partial charge in [-0.05, 0) is 35.2 Å². The molecule has 3 rings (SSSR count). The summed E-state index contributed by atoms with van der Waals surface area (Å²) in [4.78, 5) is 48.8. The molecule has 6 heteroatoms. The molecular weight excluding hydrogens is 336 g/mol. The molecule has 26 heavy (non-hydrogen) atoms. The molecule has 0 atom stereocenters. The number of carbonyl (C=O) groups excluding carboxylic acids is 2. The summed E-state index contributed by atoms with van der Waals surface area (Å²) in [5.74, 6) is -4.17. The van der Waals surface area contributed by atoms with E-state index < -0.39 is 34.6 Å². The Hall–Kier alpha value is -3.28. The molecule has 6 nitrogen and oxygen atoms in total. The third-order valence-electron chi connectivity index (χ3n) is 4.50. The molecule has 0 spiro atoms. The van der Waals surface area contributed by atoms with Crippen molar-refractivity contribution in [2.45, 2.75) is 26.2 Å². The monoisotopic (exact) mass is 352 g/mol. The molecule has 0 amide bonds. The second kappa shape index (κ2) is 5.62. The number of carbonyl (C=O) groups is 4. The molecule has 0 aliphatic heterocycles. The van der Waals surface area contributed by atoms with Crippen molar-refractivity contribution < 1.29 is 29.4 Å². The normalized spacial score (nSPS) is 13.2. The number of hydrogen-bond acceptors (Lipinski definition) is 4. The number of carboxylic acid groups (broad SMARTS) is 2. The lowest BCUT2D eigenvalue weighted by atomic mass is 9.77. The molecule has 0 unspecified atom stereocenters. The van der Waals surface area contributed by atoms with Crippen LogP contribution in [0.1, 0.15) is 78.9 Å². The molecule has 0 heterocycles. The molecule has 0 radical (unpaired) electrons. The van der Waals surface area contributed by atoms with Crippen molar-refractivity contribution in [3.8, 4) is 0 Å². The van der Waals surface area contributed by atoms with Crippen molar-refractivity contribution in [3.63, 3.8) is 0 Å². The van der Waals surface area contributed by atoms with Crippen LogP contribution in [0, 0.1) is 0 Å². The largest absolute Gasteiger partial charge is 0.478 e. The van der Waals surface area contributed by atoms with Gasteiger partial charge in [-0.1, -0.05) is 26.8 Å². The SMILES string of the molecule is CC(C)(C)c1ccc2c(c1)C(=O)c1c(ccc(C(=O)O)c1C(=O)O)C2=O. The molecule has 1 aliphatic carbocycles. The van der Waals surface area contributed by atoms with Gasteiger partial charge in [-0.3, -0.25) is 9.59 Å². The maximum absolute atomic E-state index is 13.0. The second-order valence-electron chi connectivity index (χ2n) is 7.19. The van der Waals surface area contributed by atoms with E-state index in [4.69, 9.17) is 0 Å². The van der Waals surface area contributed by atoms with Crippen molar-refractivity contribution in [2.24, 2.45) is 0 Å². The van der Waals surface area contributed by atoms with Crippen LogP contribution in [0.25, 0.3) is 0 Å². The average Bonchev–Trinajstić information content (AvgIpc) is 2.56. The minimum atomic E-state index is -1.56. The summed E-state index contributed by atoms with van der Waals surface area (Å²) < 4.78 is 0. The Bertz CT molecular complexity index is 1010. The van der Waals surface area contributed by atoms with Gasteiger partial charge in [0.15, 0.2) is 11.6 Å². The van der Waals surface area contributed by atoms with E-state index in [0.29, 0.717) is 0 Å². The van der Waals surface area contributed by atoms with E-state index in [2.05, 4.69) is 0 Å². The predicted octanol–water partition coefficient (Wildman–Crippen LogP) is 3.16. The highest BCUT2D eigenvalue weighted by Crippen LogP contribution is 2.34. The van der Waals surface area contributed by atoms with E-state index in [9.17, 15) is 29.4 Å². The van der Waals surface area contributed by atoms with Crippen LogP contribution in [0.15, 0.2) is 30.3 Å². The minimum Gasteiger partial charge on any atom is -0.478 e. The van der Waals surface area contributed by atoms with Crippen LogP contribution >= 0.6 is 0 Å². The lowest BCUT2D eigenvalue weighted by molar-refractivity contribution is 0.0649. The number of carboxylic acids is 2. The zero-order chi connectivity index (χ0) is 19.4. The first kappa shape index (κ1) is 17.5. The van der Waals surface area contributed by atoms with E-state index >= 15 is 0 Å². The van der Waals surface area contributed by atoms with Crippen molar-refractivity contribution in [1.29, 1.82) is 0 Å². The Balaban J connectivity index is 2.35. The van der Waals surface area contributed by atoms with Gasteiger partial charge in [0.25, 0.3) is 0 Å². The average molecular weight is 352 g/mol. The molecule has 2 aromatic carbocycles. The smallest absolute Gasteiger partial charge is 0.337 e. The lowest BCUT2D eigenvalue weighted by Crippen LogP contribution is -2.26. The highest BCUT2D eigenvalue weighted by atomic mass is 16.4. The minimum absolute atomic E-state index is 0.0894. The van der Waals surface area contributed by atoms with Crippen LogP contribution in [0.5, 0.6) is 0 Å². The number of benzene rings is 2. The van der Waals surface area contributed by atoms with Crippen LogP contribution in [0.2, 0.25) is 0 Å². The Morgan fingerprint density at radius 3 is 1.96 bits per heavy atom. The van der Waals surface area contributed by atoms with E-state index in [1.54, 1.807) is 18.2 Å². The Labute approximate surface area is 149 Å². The highest BCUT2D eigenvalue weighted by molar-refractivity contribution is 6.31.